The molecule has 94 valence electrons. The normalized spacial score (nSPS) is 9.12. The molecule has 0 aromatic carbocycles. The highest BCUT2D eigenvalue weighted by molar-refractivity contribution is 5.85. The predicted molar refractivity (Wildman–Crippen MR) is 66.1 cm³/mol. The number of pyridine rings is 1. The van der Waals surface area contributed by atoms with Crippen LogP contribution in [0.2, 0.25) is 0 Å². The van der Waals surface area contributed by atoms with Crippen LogP contribution >= 0.6 is 12.4 Å². The number of aryl methyl sites for hydroxylation is 2. The second-order valence-electron chi connectivity index (χ2n) is 3.82. The molecule has 0 radical (unpaired) electrons. The first-order valence-electron chi connectivity index (χ1n) is 5.48. The molecule has 0 saturated heterocycles. The summed E-state index contributed by atoms with van der Waals surface area (Å²) in [6.45, 7) is 4.08. The molecule has 1 aromatic rings. The number of unbranched alkanes of at least 4 members (excludes halogenated alkanes) is 3. The largest absolute Gasteiger partial charge is 1.00 e. The Morgan fingerprint density at radius 1 is 1.06 bits per heavy atom. The van der Waals surface area contributed by atoms with E-state index in [1.807, 2.05) is 0 Å². The van der Waals surface area contributed by atoms with Gasteiger partial charge >= 0.3 is 0 Å². The first kappa shape index (κ1) is 18.1. The molecule has 1 aromatic heterocycles. The molecule has 2 N–H and O–H groups in total. The molecule has 16 heavy (non-hydrogen) atoms. The molecule has 0 aliphatic rings. The Morgan fingerprint density at radius 3 is 2.19 bits per heavy atom. The summed E-state index contributed by atoms with van der Waals surface area (Å²) in [7, 11) is 0. The van der Waals surface area contributed by atoms with Gasteiger partial charge in [-0.15, -0.1) is 12.4 Å². The molecule has 0 aliphatic heterocycles. The monoisotopic (exact) mass is 264 g/mol. The summed E-state index contributed by atoms with van der Waals surface area (Å²) in [5, 5.41) is 0. The number of aromatic nitrogens is 1. The van der Waals surface area contributed by atoms with Gasteiger partial charge < -0.3 is 18.1 Å². The summed E-state index contributed by atoms with van der Waals surface area (Å²) >= 11 is 0. The molecule has 4 heteroatoms. The van der Waals surface area contributed by atoms with E-state index in [4.69, 9.17) is 5.73 Å². The molecule has 0 spiro atoms. The van der Waals surface area contributed by atoms with Crippen molar-refractivity contribution in [3.05, 3.63) is 30.1 Å². The van der Waals surface area contributed by atoms with Crippen LogP contribution in [0.3, 0.4) is 0 Å². The van der Waals surface area contributed by atoms with Crippen molar-refractivity contribution in [2.24, 2.45) is 5.73 Å². The summed E-state index contributed by atoms with van der Waals surface area (Å²) in [6, 6.07) is 4.31. The minimum atomic E-state index is 0. The van der Waals surface area contributed by atoms with E-state index >= 15 is 0 Å². The SMILES string of the molecule is Cc1cc[n+](CCCCCCN)cc1.Cl.[Cl-]. The summed E-state index contributed by atoms with van der Waals surface area (Å²) < 4.78 is 2.25. The van der Waals surface area contributed by atoms with Crippen LogP contribution in [0.4, 0.5) is 0 Å². The minimum Gasteiger partial charge on any atom is -1.00 e. The zero-order valence-electron chi connectivity index (χ0n) is 9.86. The summed E-state index contributed by atoms with van der Waals surface area (Å²) in [5.41, 5.74) is 6.76. The Labute approximate surface area is 111 Å². The molecule has 2 nitrogen and oxygen atoms in total. The van der Waals surface area contributed by atoms with E-state index in [1.54, 1.807) is 0 Å². The Hall–Kier alpha value is -0.310. The zero-order chi connectivity index (χ0) is 10.2. The number of hydrogen-bond donors (Lipinski definition) is 1. The van der Waals surface area contributed by atoms with Crippen molar-refractivity contribution in [3.8, 4) is 0 Å². The van der Waals surface area contributed by atoms with Crippen LogP contribution in [0.25, 0.3) is 0 Å². The molecule has 0 amide bonds. The number of hydrogen-bond acceptors (Lipinski definition) is 1. The number of halogens is 2. The molecule has 0 unspecified atom stereocenters. The van der Waals surface area contributed by atoms with Crippen molar-refractivity contribution >= 4 is 12.4 Å². The zero-order valence-corrected chi connectivity index (χ0v) is 11.4. The van der Waals surface area contributed by atoms with E-state index in [1.165, 1.54) is 31.2 Å². The van der Waals surface area contributed by atoms with E-state index in [0.29, 0.717) is 0 Å². The summed E-state index contributed by atoms with van der Waals surface area (Å²) in [6.07, 6.45) is 9.28. The van der Waals surface area contributed by atoms with Gasteiger partial charge in [0.25, 0.3) is 0 Å². The van der Waals surface area contributed by atoms with E-state index < -0.39 is 0 Å². The van der Waals surface area contributed by atoms with Crippen LogP contribution in [0, 0.1) is 6.92 Å². The molecule has 1 rings (SSSR count). The minimum absolute atomic E-state index is 0. The first-order chi connectivity index (χ1) is 6.83. The average Bonchev–Trinajstić information content (AvgIpc) is 2.21. The lowest BCUT2D eigenvalue weighted by molar-refractivity contribution is -0.697. The topological polar surface area (TPSA) is 29.9 Å². The third kappa shape index (κ3) is 7.91. The van der Waals surface area contributed by atoms with E-state index in [0.717, 1.165) is 13.1 Å². The second kappa shape index (κ2) is 11.2. The van der Waals surface area contributed by atoms with Crippen LogP contribution in [0.5, 0.6) is 0 Å². The highest BCUT2D eigenvalue weighted by Crippen LogP contribution is 1.98. The molecule has 0 saturated carbocycles. The quantitative estimate of drug-likeness (QED) is 0.531. The maximum absolute atomic E-state index is 5.43. The number of rotatable bonds is 6. The van der Waals surface area contributed by atoms with Crippen LogP contribution in [-0.4, -0.2) is 6.54 Å². The van der Waals surface area contributed by atoms with Gasteiger partial charge in [-0.05, 0) is 31.9 Å². The fourth-order valence-corrected chi connectivity index (χ4v) is 1.47. The second-order valence-corrected chi connectivity index (χ2v) is 3.82. The van der Waals surface area contributed by atoms with E-state index in [9.17, 15) is 0 Å². The summed E-state index contributed by atoms with van der Waals surface area (Å²) in [4.78, 5) is 0. The highest BCUT2D eigenvalue weighted by Gasteiger charge is 1.98. The molecule has 0 fully saturated rings. The van der Waals surface area contributed by atoms with Gasteiger partial charge in [0.05, 0.1) is 0 Å². The Bertz CT molecular complexity index is 250. The van der Waals surface area contributed by atoms with Gasteiger partial charge in [-0.3, -0.25) is 0 Å². The van der Waals surface area contributed by atoms with Crippen molar-refractivity contribution in [2.45, 2.75) is 39.2 Å². The molecule has 0 atom stereocenters. The van der Waals surface area contributed by atoms with Crippen molar-refractivity contribution in [3.63, 3.8) is 0 Å². The third-order valence-electron chi connectivity index (χ3n) is 2.43. The van der Waals surface area contributed by atoms with Gasteiger partial charge in [-0.2, -0.15) is 0 Å². The Kier molecular flexibility index (Phi) is 12.6. The van der Waals surface area contributed by atoms with Crippen LogP contribution in [0.1, 0.15) is 31.2 Å². The highest BCUT2D eigenvalue weighted by atomic mass is 35.5. The molecule has 0 bridgehead atoms. The fraction of sp³-hybridized carbons (Fsp3) is 0.583. The van der Waals surface area contributed by atoms with Gasteiger partial charge in [-0.25, -0.2) is 4.57 Å². The fourth-order valence-electron chi connectivity index (χ4n) is 1.47. The average molecular weight is 265 g/mol. The lowest BCUT2D eigenvalue weighted by Gasteiger charge is -1.98. The number of nitrogens with two attached hydrogens (primary N) is 1. The van der Waals surface area contributed by atoms with Gasteiger partial charge in [0.1, 0.15) is 6.54 Å². The smallest absolute Gasteiger partial charge is 0.169 e. The predicted octanol–water partition coefficient (Wildman–Crippen LogP) is -0.773. The van der Waals surface area contributed by atoms with Crippen LogP contribution in [0.15, 0.2) is 24.5 Å². The Balaban J connectivity index is 0. The maximum Gasteiger partial charge on any atom is 0.169 e. The lowest BCUT2D eigenvalue weighted by atomic mass is 10.2. The van der Waals surface area contributed by atoms with Crippen molar-refractivity contribution in [2.75, 3.05) is 6.54 Å². The van der Waals surface area contributed by atoms with Crippen molar-refractivity contribution in [1.82, 2.24) is 0 Å². The van der Waals surface area contributed by atoms with Gasteiger partial charge in [0, 0.05) is 18.6 Å². The molecular weight excluding hydrogens is 243 g/mol. The van der Waals surface area contributed by atoms with Gasteiger partial charge in [-0.1, -0.05) is 6.42 Å². The van der Waals surface area contributed by atoms with Crippen molar-refractivity contribution in [1.29, 1.82) is 0 Å². The third-order valence-corrected chi connectivity index (χ3v) is 2.43. The van der Waals surface area contributed by atoms with Crippen LogP contribution in [-0.2, 0) is 6.54 Å². The van der Waals surface area contributed by atoms with Crippen LogP contribution < -0.4 is 22.7 Å². The van der Waals surface area contributed by atoms with E-state index in [2.05, 4.69) is 36.0 Å². The molecular formula is C12H22Cl2N2. The lowest BCUT2D eigenvalue weighted by Crippen LogP contribution is -3.00. The van der Waals surface area contributed by atoms with Crippen molar-refractivity contribution < 1.29 is 17.0 Å². The number of nitrogens with zero attached hydrogens (tertiary/aromatic N) is 1. The van der Waals surface area contributed by atoms with Gasteiger partial charge in [0.2, 0.25) is 0 Å². The Morgan fingerprint density at radius 2 is 1.62 bits per heavy atom. The standard InChI is InChI=1S/C12H21N2.2ClH/c1-12-6-10-14(11-7-12)9-5-3-2-4-8-13;;/h6-7,10-11H,2-5,8-9,13H2,1H3;2*1H/q+1;;/p-1. The van der Waals surface area contributed by atoms with E-state index in [-0.39, 0.29) is 24.8 Å². The molecule has 1 heterocycles. The molecule has 0 aliphatic carbocycles. The first-order valence-corrected chi connectivity index (χ1v) is 5.48. The van der Waals surface area contributed by atoms with Gasteiger partial charge in [0.15, 0.2) is 12.4 Å². The summed E-state index contributed by atoms with van der Waals surface area (Å²) in [5.74, 6) is 0. The maximum atomic E-state index is 5.43.